The first-order chi connectivity index (χ1) is 8.72. The first-order valence-electron chi connectivity index (χ1n) is 6.47. The van der Waals surface area contributed by atoms with Crippen molar-refractivity contribution >= 4 is 23.4 Å². The minimum atomic E-state index is 0.335. The van der Waals surface area contributed by atoms with Crippen LogP contribution in [0.25, 0.3) is 11.2 Å². The van der Waals surface area contributed by atoms with Gasteiger partial charge in [-0.2, -0.15) is 5.10 Å². The third kappa shape index (κ3) is 1.71. The molecule has 1 aliphatic rings. The molecule has 0 saturated carbocycles. The number of H-pyrrole nitrogens is 1. The van der Waals surface area contributed by atoms with Gasteiger partial charge in [-0.15, -0.1) is 0 Å². The largest absolute Gasteiger partial charge is 0.379 e. The lowest BCUT2D eigenvalue weighted by molar-refractivity contribution is 0.0596. The molecule has 5 nitrogen and oxygen atoms in total. The highest BCUT2D eigenvalue weighted by Crippen LogP contribution is 2.26. The number of hydrogen-bond acceptors (Lipinski definition) is 3. The minimum Gasteiger partial charge on any atom is -0.379 e. The molecule has 1 fully saturated rings. The molecule has 0 aliphatic carbocycles. The Kier molecular flexibility index (Phi) is 2.99. The lowest BCUT2D eigenvalue weighted by Gasteiger charge is -2.24. The van der Waals surface area contributed by atoms with E-state index in [2.05, 4.69) is 21.6 Å². The van der Waals surface area contributed by atoms with E-state index < -0.39 is 0 Å². The van der Waals surface area contributed by atoms with Crippen molar-refractivity contribution in [3.63, 3.8) is 0 Å². The van der Waals surface area contributed by atoms with Gasteiger partial charge in [-0.1, -0.05) is 0 Å². The summed E-state index contributed by atoms with van der Waals surface area (Å²) in [6.45, 7) is 6.58. The maximum Gasteiger partial charge on any atom is 0.179 e. The van der Waals surface area contributed by atoms with Gasteiger partial charge in [-0.25, -0.2) is 4.68 Å². The molecule has 0 aromatic carbocycles. The Bertz CT molecular complexity index is 618. The van der Waals surface area contributed by atoms with Crippen LogP contribution in [0.5, 0.6) is 0 Å². The number of fused-ring (bicyclic) bond motifs is 1. The van der Waals surface area contributed by atoms with E-state index in [1.54, 1.807) is 0 Å². The van der Waals surface area contributed by atoms with Crippen LogP contribution < -0.4 is 0 Å². The lowest BCUT2D eigenvalue weighted by Crippen LogP contribution is -2.22. The van der Waals surface area contributed by atoms with Crippen LogP contribution in [0.4, 0.5) is 0 Å². The number of rotatable bonds is 2. The standard InChI is InChI=1S/C12H18N4OS/c1-3-15-11-10(8(2)14-15)13-12(18)16(11)9-5-4-6-17-7-9/h9H,3-7H2,1-2H3,(H,13,18). The monoisotopic (exact) mass is 266 g/mol. The Morgan fingerprint density at radius 2 is 2.39 bits per heavy atom. The Morgan fingerprint density at radius 3 is 3.06 bits per heavy atom. The summed E-state index contributed by atoms with van der Waals surface area (Å²) < 4.78 is 10.6. The third-order valence-electron chi connectivity index (χ3n) is 3.58. The second kappa shape index (κ2) is 4.51. The molecule has 3 heterocycles. The van der Waals surface area contributed by atoms with E-state index in [0.29, 0.717) is 6.04 Å². The van der Waals surface area contributed by atoms with E-state index in [-0.39, 0.29) is 0 Å². The SMILES string of the molecule is CCn1nc(C)c2[nH]c(=S)n(C3CCCOC3)c21. The summed E-state index contributed by atoms with van der Waals surface area (Å²) in [5, 5.41) is 4.54. The van der Waals surface area contributed by atoms with Crippen molar-refractivity contribution in [3.8, 4) is 0 Å². The summed E-state index contributed by atoms with van der Waals surface area (Å²) in [5.74, 6) is 0. The van der Waals surface area contributed by atoms with Crippen molar-refractivity contribution in [1.29, 1.82) is 0 Å². The van der Waals surface area contributed by atoms with Crippen molar-refractivity contribution in [2.45, 2.75) is 39.3 Å². The molecule has 0 bridgehead atoms. The molecule has 3 rings (SSSR count). The van der Waals surface area contributed by atoms with Gasteiger partial charge in [0.2, 0.25) is 0 Å². The predicted octanol–water partition coefficient (Wildman–Crippen LogP) is 2.58. The zero-order chi connectivity index (χ0) is 12.7. The van der Waals surface area contributed by atoms with Crippen LogP contribution in [0.3, 0.4) is 0 Å². The number of hydrogen-bond donors (Lipinski definition) is 1. The van der Waals surface area contributed by atoms with E-state index in [1.165, 1.54) is 0 Å². The minimum absolute atomic E-state index is 0.335. The average Bonchev–Trinajstić information content (AvgIpc) is 2.88. The molecular weight excluding hydrogens is 248 g/mol. The first-order valence-corrected chi connectivity index (χ1v) is 6.88. The van der Waals surface area contributed by atoms with Gasteiger partial charge in [0.05, 0.1) is 18.3 Å². The zero-order valence-corrected chi connectivity index (χ0v) is 11.6. The molecule has 6 heteroatoms. The Balaban J connectivity index is 2.20. The number of aromatic nitrogens is 4. The molecule has 0 spiro atoms. The smallest absolute Gasteiger partial charge is 0.179 e. The average molecular weight is 266 g/mol. The molecule has 1 aliphatic heterocycles. The Hall–Kier alpha value is -1.14. The van der Waals surface area contributed by atoms with Gasteiger partial charge in [0.1, 0.15) is 5.52 Å². The highest BCUT2D eigenvalue weighted by molar-refractivity contribution is 7.71. The molecule has 1 unspecified atom stereocenters. The fourth-order valence-electron chi connectivity index (χ4n) is 2.71. The van der Waals surface area contributed by atoms with Gasteiger partial charge in [0.25, 0.3) is 0 Å². The van der Waals surface area contributed by atoms with Crippen LogP contribution in [-0.2, 0) is 11.3 Å². The number of nitrogens with zero attached hydrogens (tertiary/aromatic N) is 3. The van der Waals surface area contributed by atoms with Crippen molar-refractivity contribution in [2.24, 2.45) is 0 Å². The van der Waals surface area contributed by atoms with Crippen LogP contribution in [-0.4, -0.2) is 32.5 Å². The van der Waals surface area contributed by atoms with E-state index in [9.17, 15) is 0 Å². The van der Waals surface area contributed by atoms with Crippen LogP contribution in [0.2, 0.25) is 0 Å². The number of ether oxygens (including phenoxy) is 1. The maximum atomic E-state index is 5.58. The first kappa shape index (κ1) is 11.9. The lowest BCUT2D eigenvalue weighted by atomic mass is 10.1. The Labute approximate surface area is 111 Å². The van der Waals surface area contributed by atoms with Gasteiger partial charge >= 0.3 is 0 Å². The molecule has 1 atom stereocenters. The fourth-order valence-corrected chi connectivity index (χ4v) is 3.05. The summed E-state index contributed by atoms with van der Waals surface area (Å²) >= 11 is 5.47. The molecule has 2 aromatic heterocycles. The molecule has 1 N–H and O–H groups in total. The highest BCUT2D eigenvalue weighted by Gasteiger charge is 2.22. The summed E-state index contributed by atoms with van der Waals surface area (Å²) in [6, 6.07) is 0.335. The van der Waals surface area contributed by atoms with Crippen LogP contribution >= 0.6 is 12.2 Å². The van der Waals surface area contributed by atoms with Crippen LogP contribution in [0.1, 0.15) is 31.5 Å². The van der Waals surface area contributed by atoms with Crippen molar-refractivity contribution in [2.75, 3.05) is 13.2 Å². The topological polar surface area (TPSA) is 47.8 Å². The number of imidazole rings is 1. The van der Waals surface area contributed by atoms with Gasteiger partial charge in [0.15, 0.2) is 10.4 Å². The molecular formula is C12H18N4OS. The van der Waals surface area contributed by atoms with E-state index in [0.717, 1.165) is 54.2 Å². The third-order valence-corrected chi connectivity index (χ3v) is 3.88. The molecule has 2 aromatic rings. The highest BCUT2D eigenvalue weighted by atomic mass is 32.1. The van der Waals surface area contributed by atoms with Crippen molar-refractivity contribution in [1.82, 2.24) is 19.3 Å². The van der Waals surface area contributed by atoms with Crippen LogP contribution in [0.15, 0.2) is 0 Å². The quantitative estimate of drug-likeness (QED) is 0.850. The van der Waals surface area contributed by atoms with E-state index in [4.69, 9.17) is 17.0 Å². The second-order valence-corrected chi connectivity index (χ2v) is 5.16. The van der Waals surface area contributed by atoms with Gasteiger partial charge in [-0.3, -0.25) is 4.57 Å². The van der Waals surface area contributed by atoms with E-state index >= 15 is 0 Å². The van der Waals surface area contributed by atoms with Crippen molar-refractivity contribution < 1.29 is 4.74 Å². The summed E-state index contributed by atoms with van der Waals surface area (Å²) in [4.78, 5) is 3.29. The van der Waals surface area contributed by atoms with Crippen molar-refractivity contribution in [3.05, 3.63) is 10.5 Å². The number of aromatic amines is 1. The second-order valence-electron chi connectivity index (χ2n) is 4.77. The fraction of sp³-hybridized carbons (Fsp3) is 0.667. The van der Waals surface area contributed by atoms with Crippen LogP contribution in [0, 0.1) is 11.7 Å². The zero-order valence-electron chi connectivity index (χ0n) is 10.8. The molecule has 0 radical (unpaired) electrons. The predicted molar refractivity (Wildman–Crippen MR) is 72.4 cm³/mol. The maximum absolute atomic E-state index is 5.58. The molecule has 1 saturated heterocycles. The van der Waals surface area contributed by atoms with Gasteiger partial charge in [0, 0.05) is 13.2 Å². The molecule has 18 heavy (non-hydrogen) atoms. The number of aryl methyl sites for hydroxylation is 2. The summed E-state index contributed by atoms with van der Waals surface area (Å²) in [5.41, 5.74) is 3.18. The molecule has 0 amide bonds. The summed E-state index contributed by atoms with van der Waals surface area (Å²) in [7, 11) is 0. The number of nitrogens with one attached hydrogen (secondary N) is 1. The van der Waals surface area contributed by atoms with Gasteiger partial charge in [-0.05, 0) is 38.9 Å². The normalized spacial score (nSPS) is 20.7. The van der Waals surface area contributed by atoms with E-state index in [1.807, 2.05) is 11.6 Å². The Morgan fingerprint density at radius 1 is 1.56 bits per heavy atom. The van der Waals surface area contributed by atoms with Gasteiger partial charge < -0.3 is 9.72 Å². The summed E-state index contributed by atoms with van der Waals surface area (Å²) in [6.07, 6.45) is 2.22. The molecule has 98 valence electrons.